The molecule has 2 rings (SSSR count). The summed E-state index contributed by atoms with van der Waals surface area (Å²) in [5.74, 6) is -0.195. The fourth-order valence-electron chi connectivity index (χ4n) is 1.65. The number of hydrogen-bond acceptors (Lipinski definition) is 2. The van der Waals surface area contributed by atoms with Gasteiger partial charge in [0.05, 0.1) is 5.56 Å². The molecule has 0 aliphatic carbocycles. The molecule has 0 bridgehead atoms. The molecule has 1 unspecified atom stereocenters. The second-order valence-corrected chi connectivity index (χ2v) is 4.19. The molecular weight excluding hydrogens is 244 g/mol. The van der Waals surface area contributed by atoms with Gasteiger partial charge >= 0.3 is 5.97 Å². The van der Waals surface area contributed by atoms with Crippen LogP contribution in [0.2, 0.25) is 0 Å². The predicted octanol–water partition coefficient (Wildman–Crippen LogP) is 2.47. The molecule has 1 aromatic carbocycles. The minimum atomic E-state index is -0.195. The number of hydrogen-bond donors (Lipinski definition) is 0. The first-order valence-corrected chi connectivity index (χ1v) is 5.69. The van der Waals surface area contributed by atoms with Crippen molar-refractivity contribution in [2.75, 3.05) is 5.33 Å². The molecule has 2 nitrogen and oxygen atoms in total. The van der Waals surface area contributed by atoms with E-state index in [0.717, 1.165) is 23.1 Å². The normalized spacial score (nSPS) is 20.1. The third kappa shape index (κ3) is 1.69. The average Bonchev–Trinajstić information content (AvgIpc) is 2.19. The van der Waals surface area contributed by atoms with Gasteiger partial charge in [-0.2, -0.15) is 0 Å². The molecule has 74 valence electrons. The van der Waals surface area contributed by atoms with E-state index in [1.54, 1.807) is 0 Å². The van der Waals surface area contributed by atoms with Gasteiger partial charge < -0.3 is 4.74 Å². The van der Waals surface area contributed by atoms with Gasteiger partial charge in [-0.3, -0.25) is 0 Å². The number of esters is 1. The Kier molecular flexibility index (Phi) is 2.59. The molecule has 0 amide bonds. The molecule has 0 radical (unpaired) electrons. The van der Waals surface area contributed by atoms with Gasteiger partial charge in [0, 0.05) is 11.8 Å². The monoisotopic (exact) mass is 254 g/mol. The van der Waals surface area contributed by atoms with E-state index < -0.39 is 0 Å². The molecule has 0 fully saturated rings. The van der Waals surface area contributed by atoms with Gasteiger partial charge in [0.1, 0.15) is 6.10 Å². The number of ether oxygens (including phenoxy) is 1. The summed E-state index contributed by atoms with van der Waals surface area (Å²) in [6.07, 6.45) is 0.796. The molecule has 0 saturated carbocycles. The molecule has 14 heavy (non-hydrogen) atoms. The van der Waals surface area contributed by atoms with Crippen LogP contribution < -0.4 is 0 Å². The Labute approximate surface area is 91.4 Å². The third-order valence-electron chi connectivity index (χ3n) is 2.38. The predicted molar refractivity (Wildman–Crippen MR) is 57.9 cm³/mol. The molecule has 0 N–H and O–H groups in total. The number of carbonyl (C=O) groups excluding carboxylic acids is 1. The van der Waals surface area contributed by atoms with Crippen LogP contribution in [-0.4, -0.2) is 17.4 Å². The highest BCUT2D eigenvalue weighted by molar-refractivity contribution is 9.09. The molecule has 1 heterocycles. The van der Waals surface area contributed by atoms with Crippen molar-refractivity contribution >= 4 is 21.9 Å². The van der Waals surface area contributed by atoms with Gasteiger partial charge in [-0.05, 0) is 18.6 Å². The SMILES string of the molecule is Cc1ccc2c(c1)C(=O)OC(CBr)C2. The van der Waals surface area contributed by atoms with Crippen LogP contribution in [0.1, 0.15) is 21.5 Å². The summed E-state index contributed by atoms with van der Waals surface area (Å²) in [7, 11) is 0. The van der Waals surface area contributed by atoms with Crippen molar-refractivity contribution in [1.29, 1.82) is 0 Å². The van der Waals surface area contributed by atoms with E-state index in [1.165, 1.54) is 0 Å². The van der Waals surface area contributed by atoms with Crippen LogP contribution in [0, 0.1) is 6.92 Å². The molecule has 0 spiro atoms. The fraction of sp³-hybridized carbons (Fsp3) is 0.364. The first-order chi connectivity index (χ1) is 6.70. The Morgan fingerprint density at radius 1 is 1.57 bits per heavy atom. The molecular formula is C11H11BrO2. The standard InChI is InChI=1S/C11H11BrO2/c1-7-2-3-8-5-9(6-12)14-11(13)10(8)4-7/h2-4,9H,5-6H2,1H3. The van der Waals surface area contributed by atoms with E-state index >= 15 is 0 Å². The van der Waals surface area contributed by atoms with Crippen LogP contribution in [0.5, 0.6) is 0 Å². The highest BCUT2D eigenvalue weighted by Gasteiger charge is 2.25. The smallest absolute Gasteiger partial charge is 0.338 e. The van der Waals surface area contributed by atoms with Crippen molar-refractivity contribution in [3.63, 3.8) is 0 Å². The molecule has 1 aromatic rings. The van der Waals surface area contributed by atoms with E-state index in [0.29, 0.717) is 5.33 Å². The number of benzene rings is 1. The van der Waals surface area contributed by atoms with E-state index in [1.807, 2.05) is 25.1 Å². The minimum absolute atomic E-state index is 0.0160. The molecule has 3 heteroatoms. The zero-order valence-corrected chi connectivity index (χ0v) is 9.50. The third-order valence-corrected chi connectivity index (χ3v) is 3.10. The lowest BCUT2D eigenvalue weighted by atomic mass is 9.97. The van der Waals surface area contributed by atoms with Crippen molar-refractivity contribution in [3.8, 4) is 0 Å². The van der Waals surface area contributed by atoms with Gasteiger partial charge in [0.15, 0.2) is 0 Å². The lowest BCUT2D eigenvalue weighted by Gasteiger charge is -2.23. The van der Waals surface area contributed by atoms with Crippen LogP contribution in [-0.2, 0) is 11.2 Å². The Balaban J connectivity index is 2.40. The highest BCUT2D eigenvalue weighted by Crippen LogP contribution is 2.22. The summed E-state index contributed by atoms with van der Waals surface area (Å²) < 4.78 is 5.23. The second-order valence-electron chi connectivity index (χ2n) is 3.55. The Morgan fingerprint density at radius 2 is 2.36 bits per heavy atom. The Morgan fingerprint density at radius 3 is 3.07 bits per heavy atom. The molecule has 0 aromatic heterocycles. The Bertz CT molecular complexity index is 374. The number of carbonyl (C=O) groups is 1. The zero-order valence-electron chi connectivity index (χ0n) is 7.92. The van der Waals surface area contributed by atoms with Crippen molar-refractivity contribution < 1.29 is 9.53 Å². The molecule has 1 aliphatic heterocycles. The number of rotatable bonds is 1. The van der Waals surface area contributed by atoms with Crippen LogP contribution in [0.25, 0.3) is 0 Å². The number of halogens is 1. The first kappa shape index (κ1) is 9.71. The summed E-state index contributed by atoms with van der Waals surface area (Å²) in [6.45, 7) is 1.98. The van der Waals surface area contributed by atoms with Crippen LogP contribution in [0.3, 0.4) is 0 Å². The lowest BCUT2D eigenvalue weighted by molar-refractivity contribution is 0.0313. The van der Waals surface area contributed by atoms with Crippen LogP contribution >= 0.6 is 15.9 Å². The quantitative estimate of drug-likeness (QED) is 0.569. The number of alkyl halides is 1. The van der Waals surface area contributed by atoms with Crippen LogP contribution in [0.4, 0.5) is 0 Å². The summed E-state index contributed by atoms with van der Waals surface area (Å²) in [5, 5.41) is 0.700. The molecule has 0 saturated heterocycles. The van der Waals surface area contributed by atoms with Gasteiger partial charge in [-0.25, -0.2) is 4.79 Å². The van der Waals surface area contributed by atoms with E-state index in [-0.39, 0.29) is 12.1 Å². The van der Waals surface area contributed by atoms with Gasteiger partial charge in [0.25, 0.3) is 0 Å². The summed E-state index contributed by atoms with van der Waals surface area (Å²) in [5.41, 5.74) is 2.91. The fourth-order valence-corrected chi connectivity index (χ4v) is 2.01. The number of cyclic esters (lactones) is 1. The Hall–Kier alpha value is -0.830. The number of fused-ring (bicyclic) bond motifs is 1. The van der Waals surface area contributed by atoms with E-state index in [9.17, 15) is 4.79 Å². The van der Waals surface area contributed by atoms with Crippen molar-refractivity contribution in [2.45, 2.75) is 19.4 Å². The summed E-state index contributed by atoms with van der Waals surface area (Å²) in [4.78, 5) is 11.6. The zero-order chi connectivity index (χ0) is 10.1. The highest BCUT2D eigenvalue weighted by atomic mass is 79.9. The van der Waals surface area contributed by atoms with Crippen molar-refractivity contribution in [1.82, 2.24) is 0 Å². The topological polar surface area (TPSA) is 26.3 Å². The van der Waals surface area contributed by atoms with E-state index in [4.69, 9.17) is 4.74 Å². The van der Waals surface area contributed by atoms with Gasteiger partial charge in [-0.1, -0.05) is 33.6 Å². The first-order valence-electron chi connectivity index (χ1n) is 4.57. The van der Waals surface area contributed by atoms with E-state index in [2.05, 4.69) is 15.9 Å². The summed E-state index contributed by atoms with van der Waals surface area (Å²) in [6, 6.07) is 5.94. The summed E-state index contributed by atoms with van der Waals surface area (Å²) >= 11 is 3.33. The van der Waals surface area contributed by atoms with Gasteiger partial charge in [-0.15, -0.1) is 0 Å². The van der Waals surface area contributed by atoms with Crippen molar-refractivity contribution in [2.24, 2.45) is 0 Å². The van der Waals surface area contributed by atoms with Gasteiger partial charge in [0.2, 0.25) is 0 Å². The second kappa shape index (κ2) is 3.73. The lowest BCUT2D eigenvalue weighted by Crippen LogP contribution is -2.28. The average molecular weight is 255 g/mol. The van der Waals surface area contributed by atoms with Crippen LogP contribution in [0.15, 0.2) is 18.2 Å². The number of aryl methyl sites for hydroxylation is 1. The largest absolute Gasteiger partial charge is 0.458 e. The van der Waals surface area contributed by atoms with Crippen molar-refractivity contribution in [3.05, 3.63) is 34.9 Å². The molecule has 1 atom stereocenters. The minimum Gasteiger partial charge on any atom is -0.458 e. The molecule has 1 aliphatic rings. The maximum atomic E-state index is 11.6. The maximum Gasteiger partial charge on any atom is 0.338 e. The maximum absolute atomic E-state index is 11.6.